The summed E-state index contributed by atoms with van der Waals surface area (Å²) in [6, 6.07) is 0. The molecule has 6 nitrogen and oxygen atoms in total. The summed E-state index contributed by atoms with van der Waals surface area (Å²) in [5, 5.41) is 0. The van der Waals surface area contributed by atoms with Crippen molar-refractivity contribution < 1.29 is 28.6 Å². The van der Waals surface area contributed by atoms with Crippen LogP contribution in [0.25, 0.3) is 0 Å². The lowest BCUT2D eigenvalue weighted by atomic mass is 10.1. The minimum atomic E-state index is -0.859. The molecule has 0 aromatic carbocycles. The molecule has 0 aromatic rings. The monoisotopic (exact) mass is 977 g/mol. The standard InChI is InChI=1S/C65H100O6/c1-4-7-10-13-16-19-22-25-28-31-32-35-38-41-44-47-50-53-56-59-65(68)71-62(60-69-63(66)57-54-51-48-45-42-39-36-33-29-26-23-20-17-14-11-8-5-2)61-70-64(67)58-55-52-49-46-43-40-37-34-30-27-24-21-18-15-12-9-6-3/h8,11,16-21,25-30,32,35-37,39-41,44-45,48,50,53,62H,4-7,9-10,12-15,22-24,31,33-34,38,42-43,46-47,49,51-52,54-61H2,1-3H3/b11-8-,19-16-,20-17-,21-18-,28-25-,29-26-,30-27-,35-32-,39-36-,40-37-,44-41-,48-45-,53-50-/t62-/m1/s1. The van der Waals surface area contributed by atoms with Crippen LogP contribution in [0.3, 0.4) is 0 Å². The fraction of sp³-hybridized carbons (Fsp3) is 0.554. The lowest BCUT2D eigenvalue weighted by Gasteiger charge is -2.18. The Morgan fingerprint density at radius 3 is 0.958 bits per heavy atom. The quantitative estimate of drug-likeness (QED) is 0.0262. The molecule has 0 bridgehead atoms. The zero-order valence-corrected chi connectivity index (χ0v) is 45.2. The second kappa shape index (κ2) is 57.6. The van der Waals surface area contributed by atoms with Crippen LogP contribution in [0, 0.1) is 0 Å². The van der Waals surface area contributed by atoms with Crippen molar-refractivity contribution in [2.45, 2.75) is 219 Å². The van der Waals surface area contributed by atoms with Crippen molar-refractivity contribution in [1.82, 2.24) is 0 Å². The summed E-state index contributed by atoms with van der Waals surface area (Å²) in [7, 11) is 0. The molecule has 0 amide bonds. The highest BCUT2D eigenvalue weighted by Gasteiger charge is 2.19. The largest absolute Gasteiger partial charge is 0.462 e. The predicted octanol–water partition coefficient (Wildman–Crippen LogP) is 19.0. The molecule has 0 aliphatic heterocycles. The highest BCUT2D eigenvalue weighted by Crippen LogP contribution is 2.10. The van der Waals surface area contributed by atoms with Gasteiger partial charge < -0.3 is 14.2 Å². The molecule has 6 heteroatoms. The first-order valence-corrected chi connectivity index (χ1v) is 28.0. The summed E-state index contributed by atoms with van der Waals surface area (Å²) in [5.74, 6) is -1.12. The lowest BCUT2D eigenvalue weighted by molar-refractivity contribution is -0.166. The number of esters is 3. The van der Waals surface area contributed by atoms with E-state index in [0.29, 0.717) is 19.3 Å². The number of ether oxygens (including phenoxy) is 3. The number of hydrogen-bond acceptors (Lipinski definition) is 6. The summed E-state index contributed by atoms with van der Waals surface area (Å²) in [6.45, 7) is 6.32. The van der Waals surface area contributed by atoms with Crippen LogP contribution in [0.1, 0.15) is 213 Å². The Bertz CT molecular complexity index is 1640. The van der Waals surface area contributed by atoms with E-state index in [9.17, 15) is 14.4 Å². The highest BCUT2D eigenvalue weighted by molar-refractivity contribution is 5.71. The molecule has 0 spiro atoms. The maximum Gasteiger partial charge on any atom is 0.306 e. The zero-order valence-electron chi connectivity index (χ0n) is 45.2. The van der Waals surface area contributed by atoms with Crippen molar-refractivity contribution in [2.24, 2.45) is 0 Å². The number of carbonyl (C=O) groups excluding carboxylic acids is 3. The normalized spacial score (nSPS) is 13.3. The number of rotatable bonds is 48. The van der Waals surface area contributed by atoms with Crippen molar-refractivity contribution >= 4 is 17.9 Å². The molecular weight excluding hydrogens is 877 g/mol. The summed E-state index contributed by atoms with van der Waals surface area (Å²) in [6.07, 6.45) is 83.8. The molecule has 0 saturated heterocycles. The van der Waals surface area contributed by atoms with Crippen molar-refractivity contribution in [3.63, 3.8) is 0 Å². The van der Waals surface area contributed by atoms with E-state index in [0.717, 1.165) is 109 Å². The molecule has 0 aliphatic rings. The second-order valence-corrected chi connectivity index (χ2v) is 17.7. The molecule has 1 atom stereocenters. The SMILES string of the molecule is CC/C=C\C/C=C\C/C=C\C/C=C\C/C=C\CCCC(=O)OC[C@H](COC(=O)CCCCCC/C=C\C/C=C\C/C=C\CCCCC)OC(=O)CC/C=C\C/C=C\C/C=C\C/C=C\C/C=C\CCCCC. The Labute approximate surface area is 435 Å². The van der Waals surface area contributed by atoms with Gasteiger partial charge in [-0.05, 0) is 135 Å². The van der Waals surface area contributed by atoms with Gasteiger partial charge in [-0.1, -0.05) is 217 Å². The van der Waals surface area contributed by atoms with Crippen LogP contribution in [0.2, 0.25) is 0 Å². The third-order valence-corrected chi connectivity index (χ3v) is 11.0. The number of hydrogen-bond donors (Lipinski definition) is 0. The molecule has 0 saturated carbocycles. The van der Waals surface area contributed by atoms with Crippen LogP contribution >= 0.6 is 0 Å². The van der Waals surface area contributed by atoms with Gasteiger partial charge in [0.1, 0.15) is 13.2 Å². The van der Waals surface area contributed by atoms with Crippen LogP contribution in [0.15, 0.2) is 158 Å². The average molecular weight is 978 g/mol. The fourth-order valence-corrected chi connectivity index (χ4v) is 6.82. The van der Waals surface area contributed by atoms with Crippen molar-refractivity contribution in [3.05, 3.63) is 158 Å². The maximum absolute atomic E-state index is 12.8. The summed E-state index contributed by atoms with van der Waals surface area (Å²) in [5.41, 5.74) is 0. The van der Waals surface area contributed by atoms with Gasteiger partial charge in [0.15, 0.2) is 6.10 Å². The van der Waals surface area contributed by atoms with Gasteiger partial charge >= 0.3 is 17.9 Å². The van der Waals surface area contributed by atoms with Crippen LogP contribution in [-0.2, 0) is 28.6 Å². The summed E-state index contributed by atoms with van der Waals surface area (Å²) >= 11 is 0. The average Bonchev–Trinajstić information content (AvgIpc) is 3.37. The summed E-state index contributed by atoms with van der Waals surface area (Å²) < 4.78 is 16.7. The molecule has 0 heterocycles. The van der Waals surface area contributed by atoms with E-state index in [-0.39, 0.29) is 38.0 Å². The highest BCUT2D eigenvalue weighted by atomic mass is 16.6. The van der Waals surface area contributed by atoms with Gasteiger partial charge in [-0.3, -0.25) is 14.4 Å². The third-order valence-electron chi connectivity index (χ3n) is 11.0. The van der Waals surface area contributed by atoms with Crippen molar-refractivity contribution in [3.8, 4) is 0 Å². The Kier molecular flexibility index (Phi) is 53.6. The molecule has 71 heavy (non-hydrogen) atoms. The minimum Gasteiger partial charge on any atom is -0.462 e. The molecular formula is C65H100O6. The smallest absolute Gasteiger partial charge is 0.306 e. The molecule has 0 aliphatic carbocycles. The number of allylic oxidation sites excluding steroid dienone is 26. The first-order valence-electron chi connectivity index (χ1n) is 28.0. The first-order chi connectivity index (χ1) is 35.0. The van der Waals surface area contributed by atoms with E-state index in [4.69, 9.17) is 14.2 Å². The van der Waals surface area contributed by atoms with E-state index in [1.54, 1.807) is 0 Å². The van der Waals surface area contributed by atoms with Crippen LogP contribution < -0.4 is 0 Å². The lowest BCUT2D eigenvalue weighted by Crippen LogP contribution is -2.30. The molecule has 396 valence electrons. The Morgan fingerprint density at radius 2 is 0.592 bits per heavy atom. The molecule has 0 rings (SSSR count). The number of unbranched alkanes of at least 4 members (excludes halogenated alkanes) is 11. The van der Waals surface area contributed by atoms with Crippen molar-refractivity contribution in [1.29, 1.82) is 0 Å². The van der Waals surface area contributed by atoms with Gasteiger partial charge in [0.05, 0.1) is 0 Å². The van der Waals surface area contributed by atoms with Crippen LogP contribution in [0.5, 0.6) is 0 Å². The van der Waals surface area contributed by atoms with Gasteiger partial charge in [-0.25, -0.2) is 0 Å². The van der Waals surface area contributed by atoms with Gasteiger partial charge in [-0.2, -0.15) is 0 Å². The van der Waals surface area contributed by atoms with E-state index in [2.05, 4.69) is 167 Å². The van der Waals surface area contributed by atoms with E-state index >= 15 is 0 Å². The minimum absolute atomic E-state index is 0.145. The summed E-state index contributed by atoms with van der Waals surface area (Å²) in [4.78, 5) is 38.1. The van der Waals surface area contributed by atoms with E-state index < -0.39 is 12.1 Å². The van der Waals surface area contributed by atoms with Gasteiger partial charge in [0.2, 0.25) is 0 Å². The fourth-order valence-electron chi connectivity index (χ4n) is 6.82. The third kappa shape index (κ3) is 55.8. The zero-order chi connectivity index (χ0) is 51.4. The predicted molar refractivity (Wildman–Crippen MR) is 306 cm³/mol. The Balaban J connectivity index is 4.67. The molecule has 0 unspecified atom stereocenters. The van der Waals surface area contributed by atoms with Gasteiger partial charge in [0.25, 0.3) is 0 Å². The van der Waals surface area contributed by atoms with Crippen LogP contribution in [-0.4, -0.2) is 37.2 Å². The van der Waals surface area contributed by atoms with Crippen molar-refractivity contribution in [2.75, 3.05) is 13.2 Å². The Hall–Kier alpha value is -4.97. The molecule has 0 aromatic heterocycles. The molecule has 0 fully saturated rings. The van der Waals surface area contributed by atoms with E-state index in [1.165, 1.54) is 51.4 Å². The topological polar surface area (TPSA) is 78.9 Å². The number of carbonyl (C=O) groups is 3. The second-order valence-electron chi connectivity index (χ2n) is 17.7. The molecule has 0 N–H and O–H groups in total. The Morgan fingerprint density at radius 1 is 0.296 bits per heavy atom. The first kappa shape index (κ1) is 66.0. The van der Waals surface area contributed by atoms with E-state index in [1.807, 2.05) is 12.2 Å². The van der Waals surface area contributed by atoms with Gasteiger partial charge in [-0.15, -0.1) is 0 Å². The van der Waals surface area contributed by atoms with Crippen LogP contribution in [0.4, 0.5) is 0 Å². The maximum atomic E-state index is 12.8. The molecule has 0 radical (unpaired) electrons. The van der Waals surface area contributed by atoms with Gasteiger partial charge in [0, 0.05) is 19.3 Å².